The minimum atomic E-state index is -0.387. The number of aliphatic imine (C=N–C) groups is 1. The molecule has 1 rings (SSSR count). The summed E-state index contributed by atoms with van der Waals surface area (Å²) in [6, 6.07) is -0.387. The number of nitrogens with zero attached hydrogens (tertiary/aromatic N) is 2. The van der Waals surface area contributed by atoms with Gasteiger partial charge in [0.15, 0.2) is 0 Å². The van der Waals surface area contributed by atoms with E-state index in [0.29, 0.717) is 6.42 Å². The lowest BCUT2D eigenvalue weighted by Gasteiger charge is -2.21. The third-order valence-electron chi connectivity index (χ3n) is 2.39. The molecular formula is C8H14N2O2. The molecule has 0 bridgehead atoms. The highest BCUT2D eigenvalue weighted by molar-refractivity contribution is 5.61. The Balaban J connectivity index is 2.60. The number of hydrogen-bond acceptors (Lipinski definition) is 3. The average molecular weight is 170 g/mol. The van der Waals surface area contributed by atoms with E-state index in [1.54, 1.807) is 13.3 Å². The van der Waals surface area contributed by atoms with Gasteiger partial charge in [-0.15, -0.1) is 0 Å². The standard InChI is InChI=1S/C8H14N2O2/c1-9-6-7-4-2-3-5-8(7)10(11)12/h6-8H,2-5H2,1H3. The van der Waals surface area contributed by atoms with E-state index < -0.39 is 0 Å². The predicted molar refractivity (Wildman–Crippen MR) is 47.2 cm³/mol. The van der Waals surface area contributed by atoms with E-state index in [0.717, 1.165) is 19.3 Å². The smallest absolute Gasteiger partial charge is 0.220 e. The van der Waals surface area contributed by atoms with Gasteiger partial charge in [-0.1, -0.05) is 6.42 Å². The maximum Gasteiger partial charge on any atom is 0.220 e. The SMILES string of the molecule is CN=CC1CCCCC1[N+](=O)[O-]. The summed E-state index contributed by atoms with van der Waals surface area (Å²) >= 11 is 0. The van der Waals surface area contributed by atoms with Gasteiger partial charge < -0.3 is 4.99 Å². The molecule has 12 heavy (non-hydrogen) atoms. The predicted octanol–water partition coefficient (Wildman–Crippen LogP) is 1.52. The maximum absolute atomic E-state index is 10.6. The van der Waals surface area contributed by atoms with Crippen LogP contribution in [0.4, 0.5) is 0 Å². The van der Waals surface area contributed by atoms with Crippen LogP contribution >= 0.6 is 0 Å². The zero-order chi connectivity index (χ0) is 8.97. The molecule has 2 atom stereocenters. The number of rotatable bonds is 2. The van der Waals surface area contributed by atoms with Crippen LogP contribution in [0.2, 0.25) is 0 Å². The molecule has 0 N–H and O–H groups in total. The van der Waals surface area contributed by atoms with Crippen molar-refractivity contribution >= 4 is 6.21 Å². The minimum absolute atomic E-state index is 0.0683. The monoisotopic (exact) mass is 170 g/mol. The molecule has 0 amide bonds. The summed E-state index contributed by atoms with van der Waals surface area (Å²) in [5.41, 5.74) is 0. The van der Waals surface area contributed by atoms with Crippen molar-refractivity contribution in [2.24, 2.45) is 10.9 Å². The molecule has 0 saturated heterocycles. The van der Waals surface area contributed by atoms with Crippen LogP contribution in [0.15, 0.2) is 4.99 Å². The maximum atomic E-state index is 10.6. The first kappa shape index (κ1) is 9.16. The topological polar surface area (TPSA) is 55.5 Å². The van der Waals surface area contributed by atoms with Crippen molar-refractivity contribution in [2.75, 3.05) is 7.05 Å². The van der Waals surface area contributed by atoms with E-state index >= 15 is 0 Å². The van der Waals surface area contributed by atoms with Crippen molar-refractivity contribution in [1.29, 1.82) is 0 Å². The van der Waals surface area contributed by atoms with Crippen LogP contribution in [0.5, 0.6) is 0 Å². The summed E-state index contributed by atoms with van der Waals surface area (Å²) in [5.74, 6) is 0.0683. The van der Waals surface area contributed by atoms with E-state index in [4.69, 9.17) is 0 Å². The van der Waals surface area contributed by atoms with E-state index in [1.165, 1.54) is 0 Å². The second-order valence-electron chi connectivity index (χ2n) is 3.21. The highest BCUT2D eigenvalue weighted by atomic mass is 16.6. The van der Waals surface area contributed by atoms with Crippen LogP contribution in [0, 0.1) is 16.0 Å². The average Bonchev–Trinajstić information content (AvgIpc) is 2.05. The Bertz CT molecular complexity index is 191. The van der Waals surface area contributed by atoms with Crippen molar-refractivity contribution in [3.8, 4) is 0 Å². The van der Waals surface area contributed by atoms with Gasteiger partial charge in [0.1, 0.15) is 0 Å². The summed E-state index contributed by atoms with van der Waals surface area (Å²) in [5, 5.41) is 10.6. The molecule has 0 aliphatic heterocycles. The summed E-state index contributed by atoms with van der Waals surface area (Å²) in [6.07, 6.45) is 5.44. The summed E-state index contributed by atoms with van der Waals surface area (Å²) in [7, 11) is 1.67. The van der Waals surface area contributed by atoms with Gasteiger partial charge >= 0.3 is 0 Å². The molecular weight excluding hydrogens is 156 g/mol. The zero-order valence-electron chi connectivity index (χ0n) is 7.27. The van der Waals surface area contributed by atoms with Crippen LogP contribution in [0.1, 0.15) is 25.7 Å². The van der Waals surface area contributed by atoms with Crippen LogP contribution in [0.3, 0.4) is 0 Å². The quantitative estimate of drug-likeness (QED) is 0.358. The second kappa shape index (κ2) is 4.18. The molecule has 0 radical (unpaired) electrons. The fourth-order valence-corrected chi connectivity index (χ4v) is 1.77. The highest BCUT2D eigenvalue weighted by Gasteiger charge is 2.32. The molecule has 0 heterocycles. The first-order chi connectivity index (χ1) is 5.75. The molecule has 0 aromatic rings. The van der Waals surface area contributed by atoms with Crippen LogP contribution < -0.4 is 0 Å². The summed E-state index contributed by atoms with van der Waals surface area (Å²) in [4.78, 5) is 14.3. The molecule has 68 valence electrons. The summed E-state index contributed by atoms with van der Waals surface area (Å²) < 4.78 is 0. The fraction of sp³-hybridized carbons (Fsp3) is 0.875. The molecule has 1 fully saturated rings. The molecule has 4 heteroatoms. The van der Waals surface area contributed by atoms with Gasteiger partial charge in [-0.3, -0.25) is 10.1 Å². The molecule has 4 nitrogen and oxygen atoms in total. The third-order valence-corrected chi connectivity index (χ3v) is 2.39. The first-order valence-electron chi connectivity index (χ1n) is 4.31. The van der Waals surface area contributed by atoms with E-state index in [2.05, 4.69) is 4.99 Å². The van der Waals surface area contributed by atoms with Gasteiger partial charge in [0.05, 0.1) is 5.92 Å². The van der Waals surface area contributed by atoms with Crippen LogP contribution in [-0.4, -0.2) is 24.2 Å². The lowest BCUT2D eigenvalue weighted by Crippen LogP contribution is -2.33. The molecule has 0 spiro atoms. The van der Waals surface area contributed by atoms with Gasteiger partial charge in [0, 0.05) is 24.6 Å². The van der Waals surface area contributed by atoms with E-state index in [9.17, 15) is 10.1 Å². The van der Waals surface area contributed by atoms with Gasteiger partial charge in [-0.2, -0.15) is 0 Å². The van der Waals surface area contributed by atoms with Gasteiger partial charge in [0.2, 0.25) is 6.04 Å². The lowest BCUT2D eigenvalue weighted by molar-refractivity contribution is -0.531. The molecule has 1 saturated carbocycles. The fourth-order valence-electron chi connectivity index (χ4n) is 1.77. The Kier molecular flexibility index (Phi) is 3.19. The van der Waals surface area contributed by atoms with Crippen LogP contribution in [0.25, 0.3) is 0 Å². The lowest BCUT2D eigenvalue weighted by atomic mass is 9.86. The Morgan fingerprint density at radius 1 is 1.50 bits per heavy atom. The van der Waals surface area contributed by atoms with Crippen molar-refractivity contribution in [2.45, 2.75) is 31.7 Å². The zero-order valence-corrected chi connectivity index (χ0v) is 7.27. The summed E-state index contributed by atoms with van der Waals surface area (Å²) in [6.45, 7) is 0. The molecule has 1 aliphatic carbocycles. The number of hydrogen-bond donors (Lipinski definition) is 0. The van der Waals surface area contributed by atoms with Crippen molar-refractivity contribution in [1.82, 2.24) is 0 Å². The van der Waals surface area contributed by atoms with Gasteiger partial charge in [-0.25, -0.2) is 0 Å². The third kappa shape index (κ3) is 2.03. The first-order valence-corrected chi connectivity index (χ1v) is 4.31. The number of nitro groups is 1. The van der Waals surface area contributed by atoms with Crippen LogP contribution in [-0.2, 0) is 0 Å². The second-order valence-corrected chi connectivity index (χ2v) is 3.21. The van der Waals surface area contributed by atoms with Gasteiger partial charge in [-0.05, 0) is 12.8 Å². The molecule has 2 unspecified atom stereocenters. The molecule has 1 aliphatic rings. The highest BCUT2D eigenvalue weighted by Crippen LogP contribution is 2.24. The van der Waals surface area contributed by atoms with Crippen molar-refractivity contribution < 1.29 is 4.92 Å². The Morgan fingerprint density at radius 3 is 2.75 bits per heavy atom. The van der Waals surface area contributed by atoms with Crippen molar-refractivity contribution in [3.05, 3.63) is 10.1 Å². The van der Waals surface area contributed by atoms with Crippen molar-refractivity contribution in [3.63, 3.8) is 0 Å². The van der Waals surface area contributed by atoms with E-state index in [-0.39, 0.29) is 16.9 Å². The minimum Gasteiger partial charge on any atom is -0.300 e. The largest absolute Gasteiger partial charge is 0.300 e. The van der Waals surface area contributed by atoms with Gasteiger partial charge in [0.25, 0.3) is 0 Å². The Morgan fingerprint density at radius 2 is 2.17 bits per heavy atom. The Labute approximate surface area is 71.8 Å². The molecule has 0 aromatic carbocycles. The Hall–Kier alpha value is -0.930. The van der Waals surface area contributed by atoms with E-state index in [1.807, 2.05) is 0 Å². The normalized spacial score (nSPS) is 30.8. The molecule has 0 aromatic heterocycles.